The molecule has 0 unspecified atom stereocenters. The van der Waals surface area contributed by atoms with Crippen LogP contribution in [0.25, 0.3) is 5.65 Å². The molecule has 92 valence electrons. The van der Waals surface area contributed by atoms with Gasteiger partial charge in [0, 0.05) is 6.54 Å². The van der Waals surface area contributed by atoms with E-state index in [-0.39, 0.29) is 5.82 Å². The first-order valence-electron chi connectivity index (χ1n) is 5.54. The van der Waals surface area contributed by atoms with E-state index in [4.69, 9.17) is 0 Å². The minimum Gasteiger partial charge on any atom is -0.353 e. The Kier molecular flexibility index (Phi) is 4.19. The maximum absolute atomic E-state index is 12.9. The third-order valence-electron chi connectivity index (χ3n) is 2.35. The molecule has 0 aromatic carbocycles. The van der Waals surface area contributed by atoms with Crippen LogP contribution in [0.2, 0.25) is 0 Å². The summed E-state index contributed by atoms with van der Waals surface area (Å²) in [5.41, 5.74) is 0.651. The zero-order chi connectivity index (χ0) is 12.1. The summed E-state index contributed by atoms with van der Waals surface area (Å²) in [4.78, 5) is 4.24. The third kappa shape index (κ3) is 3.33. The molecule has 17 heavy (non-hydrogen) atoms. The highest BCUT2D eigenvalue weighted by Gasteiger charge is 2.02. The second-order valence-corrected chi connectivity index (χ2v) is 4.70. The van der Waals surface area contributed by atoms with Crippen molar-refractivity contribution in [3.05, 3.63) is 24.1 Å². The van der Waals surface area contributed by atoms with Crippen LogP contribution in [0.1, 0.15) is 12.8 Å². The monoisotopic (exact) mass is 254 g/mol. The van der Waals surface area contributed by atoms with Crippen molar-refractivity contribution in [1.29, 1.82) is 0 Å². The number of hydrogen-bond donors (Lipinski definition) is 1. The van der Waals surface area contributed by atoms with Crippen molar-refractivity contribution >= 4 is 23.4 Å². The Morgan fingerprint density at radius 1 is 1.41 bits per heavy atom. The zero-order valence-electron chi connectivity index (χ0n) is 9.69. The van der Waals surface area contributed by atoms with Gasteiger partial charge in [0.2, 0.25) is 5.95 Å². The van der Waals surface area contributed by atoms with E-state index in [1.807, 2.05) is 11.8 Å². The molecule has 0 atom stereocenters. The number of unbranched alkanes of at least 4 members (excludes halogenated alkanes) is 1. The van der Waals surface area contributed by atoms with E-state index in [0.29, 0.717) is 11.6 Å². The zero-order valence-corrected chi connectivity index (χ0v) is 10.5. The van der Waals surface area contributed by atoms with Gasteiger partial charge >= 0.3 is 0 Å². The lowest BCUT2D eigenvalue weighted by Gasteiger charge is -1.99. The Morgan fingerprint density at radius 3 is 3.12 bits per heavy atom. The van der Waals surface area contributed by atoms with E-state index in [1.54, 1.807) is 6.07 Å². The van der Waals surface area contributed by atoms with Gasteiger partial charge in [-0.3, -0.25) is 0 Å². The lowest BCUT2D eigenvalue weighted by atomic mass is 10.3. The standard InChI is InChI=1S/C11H15FN4S/c1-17-7-3-2-6-13-11-14-10-5-4-9(12)8-16(10)15-11/h4-5,8H,2-3,6-7H2,1H3,(H,13,15). The molecule has 2 aromatic rings. The normalized spacial score (nSPS) is 10.9. The van der Waals surface area contributed by atoms with Crippen molar-refractivity contribution in [3.8, 4) is 0 Å². The molecule has 4 nitrogen and oxygen atoms in total. The quantitative estimate of drug-likeness (QED) is 0.804. The minimum absolute atomic E-state index is 0.311. The maximum atomic E-state index is 12.9. The van der Waals surface area contributed by atoms with Crippen molar-refractivity contribution in [3.63, 3.8) is 0 Å². The summed E-state index contributed by atoms with van der Waals surface area (Å²) in [6.45, 7) is 0.847. The van der Waals surface area contributed by atoms with Crippen LogP contribution in [0.4, 0.5) is 10.3 Å². The fraction of sp³-hybridized carbons (Fsp3) is 0.455. The molecule has 0 fully saturated rings. The highest BCUT2D eigenvalue weighted by molar-refractivity contribution is 7.98. The fourth-order valence-electron chi connectivity index (χ4n) is 1.50. The molecule has 2 rings (SSSR count). The molecule has 0 amide bonds. The van der Waals surface area contributed by atoms with Crippen LogP contribution in [0.3, 0.4) is 0 Å². The van der Waals surface area contributed by atoms with Crippen LogP contribution in [0.5, 0.6) is 0 Å². The van der Waals surface area contributed by atoms with Crippen LogP contribution >= 0.6 is 11.8 Å². The van der Waals surface area contributed by atoms with Gasteiger partial charge in [0.25, 0.3) is 0 Å². The number of anilines is 1. The first-order valence-corrected chi connectivity index (χ1v) is 6.94. The van der Waals surface area contributed by atoms with E-state index in [1.165, 1.54) is 29.0 Å². The minimum atomic E-state index is -0.311. The van der Waals surface area contributed by atoms with Crippen LogP contribution in [0.15, 0.2) is 18.3 Å². The maximum Gasteiger partial charge on any atom is 0.243 e. The molecule has 6 heteroatoms. The average molecular weight is 254 g/mol. The van der Waals surface area contributed by atoms with Gasteiger partial charge in [-0.15, -0.1) is 5.10 Å². The number of pyridine rings is 1. The number of fused-ring (bicyclic) bond motifs is 1. The van der Waals surface area contributed by atoms with Crippen molar-refractivity contribution in [2.24, 2.45) is 0 Å². The molecule has 2 heterocycles. The van der Waals surface area contributed by atoms with E-state index in [9.17, 15) is 4.39 Å². The molecule has 0 aliphatic carbocycles. The van der Waals surface area contributed by atoms with E-state index in [2.05, 4.69) is 21.7 Å². The van der Waals surface area contributed by atoms with Gasteiger partial charge < -0.3 is 5.32 Å². The number of nitrogens with zero attached hydrogens (tertiary/aromatic N) is 3. The summed E-state index contributed by atoms with van der Waals surface area (Å²) < 4.78 is 14.4. The lowest BCUT2D eigenvalue weighted by Crippen LogP contribution is -2.03. The van der Waals surface area contributed by atoms with E-state index < -0.39 is 0 Å². The third-order valence-corrected chi connectivity index (χ3v) is 3.05. The summed E-state index contributed by atoms with van der Waals surface area (Å²) in [6, 6.07) is 2.99. The molecule has 0 aliphatic heterocycles. The summed E-state index contributed by atoms with van der Waals surface area (Å²) in [5, 5.41) is 7.28. The summed E-state index contributed by atoms with van der Waals surface area (Å²) in [7, 11) is 0. The van der Waals surface area contributed by atoms with Gasteiger partial charge in [-0.2, -0.15) is 16.7 Å². The summed E-state index contributed by atoms with van der Waals surface area (Å²) in [6.07, 6.45) is 5.69. The molecule has 0 saturated carbocycles. The molecular formula is C11H15FN4S. The Morgan fingerprint density at radius 2 is 2.29 bits per heavy atom. The Labute approximate surface area is 104 Å². The number of nitrogens with one attached hydrogen (secondary N) is 1. The van der Waals surface area contributed by atoms with Gasteiger partial charge in [0.1, 0.15) is 5.82 Å². The van der Waals surface area contributed by atoms with Gasteiger partial charge in [-0.25, -0.2) is 8.91 Å². The number of hydrogen-bond acceptors (Lipinski definition) is 4. The fourth-order valence-corrected chi connectivity index (χ4v) is 2.00. The molecule has 0 aliphatic rings. The largest absolute Gasteiger partial charge is 0.353 e. The van der Waals surface area contributed by atoms with Crippen molar-refractivity contribution in [2.45, 2.75) is 12.8 Å². The highest BCUT2D eigenvalue weighted by atomic mass is 32.2. The SMILES string of the molecule is CSCCCCNc1nc2ccc(F)cn2n1. The first-order chi connectivity index (χ1) is 8.29. The average Bonchev–Trinajstić information content (AvgIpc) is 2.70. The number of halogens is 1. The van der Waals surface area contributed by atoms with Gasteiger partial charge in [-0.1, -0.05) is 0 Å². The molecule has 2 aromatic heterocycles. The number of thioether (sulfide) groups is 1. The lowest BCUT2D eigenvalue weighted by molar-refractivity contribution is 0.615. The highest BCUT2D eigenvalue weighted by Crippen LogP contribution is 2.07. The van der Waals surface area contributed by atoms with Crippen molar-refractivity contribution in [1.82, 2.24) is 14.6 Å². The predicted molar refractivity (Wildman–Crippen MR) is 69.1 cm³/mol. The predicted octanol–water partition coefficient (Wildman–Crippen LogP) is 2.42. The van der Waals surface area contributed by atoms with Gasteiger partial charge in [-0.05, 0) is 37.0 Å². The molecule has 1 N–H and O–H groups in total. The topological polar surface area (TPSA) is 42.2 Å². The molecule has 0 spiro atoms. The summed E-state index contributed by atoms with van der Waals surface area (Å²) >= 11 is 1.85. The Bertz CT molecular complexity index is 485. The summed E-state index contributed by atoms with van der Waals surface area (Å²) in [5.74, 6) is 1.42. The van der Waals surface area contributed by atoms with E-state index in [0.717, 1.165) is 13.0 Å². The molecular weight excluding hydrogens is 239 g/mol. The molecule has 0 radical (unpaired) electrons. The second-order valence-electron chi connectivity index (χ2n) is 3.71. The van der Waals surface area contributed by atoms with Gasteiger partial charge in [0.05, 0.1) is 6.20 Å². The molecule has 0 bridgehead atoms. The number of rotatable bonds is 6. The number of aromatic nitrogens is 3. The Balaban J connectivity index is 1.91. The molecule has 0 saturated heterocycles. The van der Waals surface area contributed by atoms with Crippen LogP contribution in [0, 0.1) is 5.82 Å². The second kappa shape index (κ2) is 5.86. The van der Waals surface area contributed by atoms with Crippen LogP contribution < -0.4 is 5.32 Å². The van der Waals surface area contributed by atoms with Crippen LogP contribution in [-0.4, -0.2) is 33.2 Å². The first kappa shape index (κ1) is 12.2. The van der Waals surface area contributed by atoms with Crippen molar-refractivity contribution < 1.29 is 4.39 Å². The van der Waals surface area contributed by atoms with Crippen molar-refractivity contribution in [2.75, 3.05) is 23.9 Å². The van der Waals surface area contributed by atoms with Crippen LogP contribution in [-0.2, 0) is 0 Å². The van der Waals surface area contributed by atoms with Gasteiger partial charge in [0.15, 0.2) is 5.65 Å². The van der Waals surface area contributed by atoms with E-state index >= 15 is 0 Å². The Hall–Kier alpha value is -1.30. The smallest absolute Gasteiger partial charge is 0.243 e.